The van der Waals surface area contributed by atoms with Crippen molar-refractivity contribution in [2.75, 3.05) is 0 Å². The van der Waals surface area contributed by atoms with Crippen LogP contribution in [0.25, 0.3) is 44.2 Å². The van der Waals surface area contributed by atoms with Gasteiger partial charge in [-0.3, -0.25) is 33.1 Å². The number of nitrogens with one attached hydrogen (secondary N) is 2. The van der Waals surface area contributed by atoms with Gasteiger partial charge in [-0.05, 0) is 111 Å². The Morgan fingerprint density at radius 3 is 1.60 bits per heavy atom. The van der Waals surface area contributed by atoms with E-state index in [0.29, 0.717) is 67.2 Å². The summed E-state index contributed by atoms with van der Waals surface area (Å²) in [6.07, 6.45) is 6.92. The summed E-state index contributed by atoms with van der Waals surface area (Å²) in [5, 5.41) is 17.6. The first-order valence-corrected chi connectivity index (χ1v) is 23.7. The Hall–Kier alpha value is -8.85. The minimum atomic E-state index is -0.535. The minimum absolute atomic E-state index is 0. The van der Waals surface area contributed by atoms with E-state index in [9.17, 15) is 24.0 Å². The first kappa shape index (κ1) is 50.5. The summed E-state index contributed by atoms with van der Waals surface area (Å²) in [6, 6.07) is 36.5. The average molecular weight is 975 g/mol. The molecule has 0 aliphatic rings. The molecule has 10 rings (SSSR count). The molecule has 0 saturated carbocycles. The Morgan fingerprint density at radius 2 is 1.08 bits per heavy atom. The molecule has 6 heterocycles. The maximum absolute atomic E-state index is 14.2. The molecule has 0 fully saturated rings. The number of nitrogens with zero attached hydrogens (tertiary/aromatic N) is 8. The predicted octanol–water partition coefficient (Wildman–Crippen LogP) is 9.77. The second-order valence-corrected chi connectivity index (χ2v) is 18.9. The van der Waals surface area contributed by atoms with Gasteiger partial charge >= 0.3 is 0 Å². The van der Waals surface area contributed by atoms with Crippen LogP contribution in [0, 0.1) is 26.2 Å². The maximum atomic E-state index is 14.2. The van der Waals surface area contributed by atoms with E-state index in [2.05, 4.69) is 30.8 Å². The molecule has 15 nitrogen and oxygen atoms in total. The van der Waals surface area contributed by atoms with E-state index in [4.69, 9.17) is 0 Å². The Balaban J connectivity index is 0.000000195. The standard InChI is InChI=1S/C31H31N5O3.C26H23N5O2.CH4/c1-19(33-29(38)26-20(2)34-35-16-10-15-32-28(26)35)24-17-21-11-9-12-22(18-25(37)31(3,4)5)27(21)30(39)36(24)23-13-7-6-8-14-23;1-16-9-7-12-20-21(16)15-22(31(26(20)33)19-10-5-4-6-11-19)17(2)28-25(32)23-18(3)29-30-14-8-13-27-24(23)30;/h6-17,19H,18H2,1-5H3,(H,33,38);4-15,17H,1-3H3,(H,28,32);1H4/t19-;17-;/m00./s1. The molecule has 6 aromatic heterocycles. The molecule has 0 aliphatic carbocycles. The number of ketones is 1. The number of aryl methyl sites for hydroxylation is 3. The lowest BCUT2D eigenvalue weighted by atomic mass is 9.86. The third-order valence-corrected chi connectivity index (χ3v) is 12.9. The summed E-state index contributed by atoms with van der Waals surface area (Å²) in [5.41, 5.74) is 6.48. The van der Waals surface area contributed by atoms with Crippen molar-refractivity contribution in [3.8, 4) is 11.4 Å². The normalized spacial score (nSPS) is 12.2. The summed E-state index contributed by atoms with van der Waals surface area (Å²) in [6.45, 7) is 14.9. The second kappa shape index (κ2) is 20.5. The molecule has 0 aliphatic heterocycles. The van der Waals surface area contributed by atoms with Crippen molar-refractivity contribution < 1.29 is 14.4 Å². The largest absolute Gasteiger partial charge is 0.344 e. The van der Waals surface area contributed by atoms with E-state index in [1.165, 1.54) is 0 Å². The van der Waals surface area contributed by atoms with Crippen LogP contribution in [-0.2, 0) is 11.2 Å². The van der Waals surface area contributed by atoms with Crippen molar-refractivity contribution in [3.05, 3.63) is 212 Å². The van der Waals surface area contributed by atoms with Gasteiger partial charge in [0.1, 0.15) is 16.9 Å². The summed E-state index contributed by atoms with van der Waals surface area (Å²) in [5.74, 6) is -0.557. The molecule has 2 atom stereocenters. The molecule has 0 bridgehead atoms. The molecule has 0 spiro atoms. The number of para-hydroxylation sites is 2. The van der Waals surface area contributed by atoms with Crippen LogP contribution in [-0.4, -0.2) is 55.9 Å². The van der Waals surface area contributed by atoms with Gasteiger partial charge in [0.15, 0.2) is 11.3 Å². The number of amides is 2. The van der Waals surface area contributed by atoms with Gasteiger partial charge < -0.3 is 10.6 Å². The fourth-order valence-electron chi connectivity index (χ4n) is 9.08. The van der Waals surface area contributed by atoms with E-state index in [1.54, 1.807) is 68.9 Å². The third-order valence-electron chi connectivity index (χ3n) is 12.9. The molecule has 370 valence electrons. The first-order valence-electron chi connectivity index (χ1n) is 23.7. The SMILES string of the molecule is C.Cc1nn2cccnc2c1C(=O)N[C@@H](C)c1cc2c(C)cccc2c(=O)n1-c1ccccc1.Cc1nn2cccnc2c1C(=O)N[C@@H](C)c1cc2cccc(CC(=O)C(C)(C)C)c2c(=O)n1-c1ccccc1. The van der Waals surface area contributed by atoms with Crippen LogP contribution < -0.4 is 21.8 Å². The van der Waals surface area contributed by atoms with Crippen molar-refractivity contribution in [3.63, 3.8) is 0 Å². The summed E-state index contributed by atoms with van der Waals surface area (Å²) < 4.78 is 6.47. The highest BCUT2D eigenvalue weighted by Crippen LogP contribution is 2.28. The fraction of sp³-hybridized carbons (Fsp3) is 0.224. The number of fused-ring (bicyclic) bond motifs is 4. The number of benzene rings is 4. The van der Waals surface area contributed by atoms with E-state index >= 15 is 0 Å². The van der Waals surface area contributed by atoms with E-state index in [-0.39, 0.29) is 42.6 Å². The highest BCUT2D eigenvalue weighted by atomic mass is 16.2. The number of rotatable bonds is 10. The van der Waals surface area contributed by atoms with Gasteiger partial charge in [-0.1, -0.05) is 94.9 Å². The van der Waals surface area contributed by atoms with Crippen LogP contribution in [0.15, 0.2) is 156 Å². The molecule has 10 aromatic rings. The predicted molar refractivity (Wildman–Crippen MR) is 286 cm³/mol. The number of pyridine rings is 2. The zero-order valence-corrected chi connectivity index (χ0v) is 41.3. The Labute approximate surface area is 422 Å². The van der Waals surface area contributed by atoms with Crippen molar-refractivity contribution in [2.45, 2.75) is 81.3 Å². The lowest BCUT2D eigenvalue weighted by Crippen LogP contribution is -2.32. The highest BCUT2D eigenvalue weighted by molar-refractivity contribution is 6.02. The molecule has 2 N–H and O–H groups in total. The van der Waals surface area contributed by atoms with E-state index < -0.39 is 17.5 Å². The fourth-order valence-corrected chi connectivity index (χ4v) is 9.08. The maximum Gasteiger partial charge on any atom is 0.263 e. The molecule has 0 radical (unpaired) electrons. The monoisotopic (exact) mass is 974 g/mol. The Morgan fingerprint density at radius 1 is 0.589 bits per heavy atom. The highest BCUT2D eigenvalue weighted by Gasteiger charge is 2.27. The van der Waals surface area contributed by atoms with Crippen molar-refractivity contribution >= 4 is 50.4 Å². The van der Waals surface area contributed by atoms with Gasteiger partial charge in [0.2, 0.25) is 0 Å². The molecule has 2 amide bonds. The Bertz CT molecular complexity index is 3850. The zero-order valence-electron chi connectivity index (χ0n) is 41.3. The average Bonchev–Trinajstić information content (AvgIpc) is 3.89. The number of hydrogen-bond donors (Lipinski definition) is 2. The molecule has 15 heteroatoms. The van der Waals surface area contributed by atoms with Crippen LogP contribution in [0.2, 0.25) is 0 Å². The lowest BCUT2D eigenvalue weighted by molar-refractivity contribution is -0.125. The van der Waals surface area contributed by atoms with Gasteiger partial charge in [-0.25, -0.2) is 19.0 Å². The van der Waals surface area contributed by atoms with Gasteiger partial charge in [0.05, 0.1) is 28.9 Å². The van der Waals surface area contributed by atoms with Crippen molar-refractivity contribution in [2.24, 2.45) is 5.41 Å². The second-order valence-electron chi connectivity index (χ2n) is 18.9. The zero-order chi connectivity index (χ0) is 51.0. The van der Waals surface area contributed by atoms with Crippen LogP contribution in [0.4, 0.5) is 0 Å². The van der Waals surface area contributed by atoms with Gasteiger partial charge in [-0.15, -0.1) is 0 Å². The summed E-state index contributed by atoms with van der Waals surface area (Å²) in [7, 11) is 0. The van der Waals surface area contributed by atoms with Gasteiger partial charge in [0.25, 0.3) is 22.9 Å². The molecule has 0 unspecified atom stereocenters. The summed E-state index contributed by atoms with van der Waals surface area (Å²) >= 11 is 0. The molecular formula is C58H58N10O5. The lowest BCUT2D eigenvalue weighted by Gasteiger charge is -2.22. The molecule has 73 heavy (non-hydrogen) atoms. The quantitative estimate of drug-likeness (QED) is 0.135. The van der Waals surface area contributed by atoms with Gasteiger partial charge in [-0.2, -0.15) is 10.2 Å². The van der Waals surface area contributed by atoms with E-state index in [1.807, 2.05) is 151 Å². The van der Waals surface area contributed by atoms with Crippen molar-refractivity contribution in [1.29, 1.82) is 0 Å². The molecule has 4 aromatic carbocycles. The molecular weight excluding hydrogens is 917 g/mol. The van der Waals surface area contributed by atoms with Crippen LogP contribution in [0.3, 0.4) is 0 Å². The van der Waals surface area contributed by atoms with Crippen LogP contribution in [0.1, 0.15) is 109 Å². The third kappa shape index (κ3) is 9.81. The molecule has 0 saturated heterocycles. The number of hydrogen-bond acceptors (Lipinski definition) is 9. The Kier molecular flexibility index (Phi) is 14.2. The smallest absolute Gasteiger partial charge is 0.263 e. The van der Waals surface area contributed by atoms with Crippen LogP contribution in [0.5, 0.6) is 0 Å². The number of aromatic nitrogens is 8. The number of carbonyl (C=O) groups excluding carboxylic acids is 3. The van der Waals surface area contributed by atoms with E-state index in [0.717, 1.165) is 22.0 Å². The minimum Gasteiger partial charge on any atom is -0.344 e. The number of carbonyl (C=O) groups is 3. The van der Waals surface area contributed by atoms with Gasteiger partial charge in [0, 0.05) is 64.8 Å². The first-order chi connectivity index (χ1) is 34.5. The summed E-state index contributed by atoms with van der Waals surface area (Å²) in [4.78, 5) is 76.1. The van der Waals surface area contributed by atoms with Crippen LogP contribution >= 0.6 is 0 Å². The topological polar surface area (TPSA) is 180 Å². The number of Topliss-reactive ketones (excluding diaryl/α,β-unsaturated/α-hetero) is 1. The van der Waals surface area contributed by atoms with Crippen molar-refractivity contribution in [1.82, 2.24) is 49.0 Å².